The van der Waals surface area contributed by atoms with Gasteiger partial charge in [-0.05, 0) is 80.4 Å². The number of carbonyl (C=O) groups excluding carboxylic acids is 1. The van der Waals surface area contributed by atoms with Crippen molar-refractivity contribution in [3.8, 4) is 0 Å². The fourth-order valence-corrected chi connectivity index (χ4v) is 6.42. The summed E-state index contributed by atoms with van der Waals surface area (Å²) in [6.07, 6.45) is 12.4. The van der Waals surface area contributed by atoms with Crippen LogP contribution in [0.4, 0.5) is 0 Å². The van der Waals surface area contributed by atoms with E-state index in [2.05, 4.69) is 0 Å². The molecule has 4 aliphatic carbocycles. The van der Waals surface area contributed by atoms with Crippen LogP contribution < -0.4 is 0 Å². The van der Waals surface area contributed by atoms with Gasteiger partial charge in [-0.3, -0.25) is 4.79 Å². The molecule has 0 aliphatic heterocycles. The van der Waals surface area contributed by atoms with Gasteiger partial charge in [0.15, 0.2) is 5.78 Å². The number of hydrogen-bond acceptors (Lipinski definition) is 3. The highest BCUT2D eigenvalue weighted by atomic mass is 16.5. The molecule has 132 valence electrons. The van der Waals surface area contributed by atoms with Crippen molar-refractivity contribution in [3.63, 3.8) is 0 Å². The Bertz CT molecular complexity index is 588. The summed E-state index contributed by atoms with van der Waals surface area (Å²) in [5.41, 5.74) is 4.94. The van der Waals surface area contributed by atoms with Crippen LogP contribution in [0, 0.1) is 17.3 Å². The van der Waals surface area contributed by atoms with E-state index in [1.54, 1.807) is 11.1 Å². The molecule has 0 aromatic heterocycles. The van der Waals surface area contributed by atoms with Gasteiger partial charge < -0.3 is 9.47 Å². The lowest BCUT2D eigenvalue weighted by Crippen LogP contribution is -2.45. The molecule has 0 unspecified atom stereocenters. The van der Waals surface area contributed by atoms with Gasteiger partial charge in [0, 0.05) is 32.7 Å². The molecule has 0 spiro atoms. The first-order valence-electron chi connectivity index (χ1n) is 9.67. The highest BCUT2D eigenvalue weighted by Gasteiger charge is 2.56. The summed E-state index contributed by atoms with van der Waals surface area (Å²) in [6.45, 7) is 0.842. The molecule has 0 N–H and O–H groups in total. The van der Waals surface area contributed by atoms with Gasteiger partial charge in [0.25, 0.3) is 0 Å². The molecule has 0 radical (unpaired) electrons. The molecule has 4 atom stereocenters. The van der Waals surface area contributed by atoms with Crippen molar-refractivity contribution >= 4 is 5.78 Å². The molecule has 2 fully saturated rings. The predicted octanol–water partition coefficient (Wildman–Crippen LogP) is 4.22. The van der Waals surface area contributed by atoms with Crippen LogP contribution in [0.3, 0.4) is 0 Å². The van der Waals surface area contributed by atoms with E-state index in [1.165, 1.54) is 37.7 Å². The summed E-state index contributed by atoms with van der Waals surface area (Å²) in [5, 5.41) is 0. The molecular formula is C21H30O3. The Kier molecular flexibility index (Phi) is 4.42. The average molecular weight is 330 g/mol. The molecule has 0 heterocycles. The number of fused-ring (bicyclic) bond motifs is 4. The van der Waals surface area contributed by atoms with Gasteiger partial charge in [-0.2, -0.15) is 0 Å². The smallest absolute Gasteiger partial charge is 0.156 e. The fraction of sp³-hybridized carbons (Fsp3) is 0.762. The lowest BCUT2D eigenvalue weighted by atomic mass is 9.55. The van der Waals surface area contributed by atoms with Crippen molar-refractivity contribution in [2.24, 2.45) is 17.3 Å². The zero-order valence-electron chi connectivity index (χ0n) is 15.1. The van der Waals surface area contributed by atoms with Gasteiger partial charge in [-0.1, -0.05) is 5.57 Å². The molecule has 0 saturated heterocycles. The van der Waals surface area contributed by atoms with Crippen molar-refractivity contribution in [2.45, 2.75) is 63.9 Å². The maximum absolute atomic E-state index is 11.8. The molecule has 3 nitrogen and oxygen atoms in total. The van der Waals surface area contributed by atoms with E-state index in [-0.39, 0.29) is 0 Å². The van der Waals surface area contributed by atoms with Gasteiger partial charge >= 0.3 is 0 Å². The van der Waals surface area contributed by atoms with E-state index in [0.29, 0.717) is 17.3 Å². The minimum absolute atomic E-state index is 0.311. The van der Waals surface area contributed by atoms with Crippen molar-refractivity contribution in [3.05, 3.63) is 22.8 Å². The summed E-state index contributed by atoms with van der Waals surface area (Å²) in [5.74, 6) is 1.79. The van der Waals surface area contributed by atoms with Gasteiger partial charge in [0.1, 0.15) is 0 Å². The van der Waals surface area contributed by atoms with E-state index in [9.17, 15) is 4.79 Å². The van der Waals surface area contributed by atoms with E-state index in [1.807, 2.05) is 20.3 Å². The van der Waals surface area contributed by atoms with Crippen LogP contribution in [0.1, 0.15) is 57.8 Å². The number of methoxy groups -OCH3 is 2. The number of allylic oxidation sites excluding steroid dienone is 4. The van der Waals surface area contributed by atoms with Gasteiger partial charge in [-0.15, -0.1) is 0 Å². The Hall–Kier alpha value is -0.930. The Morgan fingerprint density at radius 2 is 2.00 bits per heavy atom. The summed E-state index contributed by atoms with van der Waals surface area (Å²) >= 11 is 0. The molecular weight excluding hydrogens is 300 g/mol. The third-order valence-electron chi connectivity index (χ3n) is 7.43. The monoisotopic (exact) mass is 330 g/mol. The quantitative estimate of drug-likeness (QED) is 0.774. The van der Waals surface area contributed by atoms with Crippen LogP contribution in [-0.4, -0.2) is 32.7 Å². The minimum Gasteiger partial charge on any atom is -0.385 e. The fourth-order valence-electron chi connectivity index (χ4n) is 6.42. The van der Waals surface area contributed by atoms with Gasteiger partial charge in [-0.25, -0.2) is 0 Å². The van der Waals surface area contributed by atoms with Crippen molar-refractivity contribution in [1.82, 2.24) is 0 Å². The molecule has 0 aromatic rings. The number of ether oxygens (including phenoxy) is 2. The highest BCUT2D eigenvalue weighted by molar-refractivity contribution is 5.93. The average Bonchev–Trinajstić information content (AvgIpc) is 2.98. The van der Waals surface area contributed by atoms with E-state index in [4.69, 9.17) is 9.47 Å². The van der Waals surface area contributed by atoms with Crippen LogP contribution >= 0.6 is 0 Å². The predicted molar refractivity (Wildman–Crippen MR) is 93.8 cm³/mol. The molecule has 0 amide bonds. The summed E-state index contributed by atoms with van der Waals surface area (Å²) < 4.78 is 11.4. The Labute approximate surface area is 145 Å². The van der Waals surface area contributed by atoms with Crippen LogP contribution in [-0.2, 0) is 14.3 Å². The summed E-state index contributed by atoms with van der Waals surface area (Å²) in [7, 11) is 3.71. The van der Waals surface area contributed by atoms with Crippen LogP contribution in [0.5, 0.6) is 0 Å². The second-order valence-corrected chi connectivity index (χ2v) is 8.17. The molecule has 4 rings (SSSR count). The first-order valence-corrected chi connectivity index (χ1v) is 9.67. The lowest BCUT2D eigenvalue weighted by Gasteiger charge is -2.50. The molecule has 4 aliphatic rings. The van der Waals surface area contributed by atoms with E-state index >= 15 is 0 Å². The zero-order valence-corrected chi connectivity index (χ0v) is 15.1. The molecule has 2 saturated carbocycles. The summed E-state index contributed by atoms with van der Waals surface area (Å²) in [6, 6.07) is 0. The van der Waals surface area contributed by atoms with Crippen LogP contribution in [0.2, 0.25) is 0 Å². The van der Waals surface area contributed by atoms with Gasteiger partial charge in [0.05, 0.1) is 6.10 Å². The second-order valence-electron chi connectivity index (χ2n) is 8.17. The Morgan fingerprint density at radius 1 is 1.12 bits per heavy atom. The Morgan fingerprint density at radius 3 is 2.79 bits per heavy atom. The first-order chi connectivity index (χ1) is 11.7. The van der Waals surface area contributed by atoms with Gasteiger partial charge in [0.2, 0.25) is 0 Å². The largest absolute Gasteiger partial charge is 0.385 e. The van der Waals surface area contributed by atoms with E-state index < -0.39 is 0 Å². The standard InChI is InChI=1S/C21H30O3/c1-23-12-11-21-10-9-17-16-6-4-15(22)13-14(16)3-5-18(17)19(21)7-8-20(21)24-2/h13,18-20H,3-12H2,1-2H3/t18-,19+,20+,21-/m1/s1. The maximum Gasteiger partial charge on any atom is 0.156 e. The minimum atomic E-state index is 0.311. The Balaban J connectivity index is 1.68. The number of rotatable bonds is 4. The highest BCUT2D eigenvalue weighted by Crippen LogP contribution is 2.62. The molecule has 3 heteroatoms. The SMILES string of the molecule is COCC[C@]12CCC3=C4CCC(=O)C=C4CC[C@H]3[C@@H]1CC[C@@H]2OC. The van der Waals surface area contributed by atoms with E-state index in [0.717, 1.165) is 44.1 Å². The topological polar surface area (TPSA) is 35.5 Å². The molecule has 24 heavy (non-hydrogen) atoms. The lowest BCUT2D eigenvalue weighted by molar-refractivity contribution is -0.114. The number of ketones is 1. The third kappa shape index (κ3) is 2.43. The van der Waals surface area contributed by atoms with Crippen molar-refractivity contribution < 1.29 is 14.3 Å². The number of hydrogen-bond donors (Lipinski definition) is 0. The first kappa shape index (κ1) is 16.5. The number of carbonyl (C=O) groups is 1. The van der Waals surface area contributed by atoms with Crippen LogP contribution in [0.15, 0.2) is 22.8 Å². The normalized spacial score (nSPS) is 38.5. The molecule has 0 aromatic carbocycles. The van der Waals surface area contributed by atoms with Crippen molar-refractivity contribution in [1.29, 1.82) is 0 Å². The van der Waals surface area contributed by atoms with Crippen molar-refractivity contribution in [2.75, 3.05) is 20.8 Å². The summed E-state index contributed by atoms with van der Waals surface area (Å²) in [4.78, 5) is 11.8. The van der Waals surface area contributed by atoms with Crippen LogP contribution in [0.25, 0.3) is 0 Å². The molecule has 0 bridgehead atoms. The maximum atomic E-state index is 11.8. The zero-order chi connectivity index (χ0) is 16.7. The third-order valence-corrected chi connectivity index (χ3v) is 7.43. The second kappa shape index (κ2) is 6.42.